The molecule has 2 unspecified atom stereocenters. The van der Waals surface area contributed by atoms with Crippen LogP contribution >= 0.6 is 0 Å². The highest BCUT2D eigenvalue weighted by Gasteiger charge is 2.41. The molecule has 0 aromatic heterocycles. The molecule has 0 fully saturated rings. The van der Waals surface area contributed by atoms with E-state index in [0.29, 0.717) is 43.7 Å². The number of carbonyl (C=O) groups is 3. The van der Waals surface area contributed by atoms with E-state index in [-0.39, 0.29) is 11.8 Å². The molecule has 3 amide bonds. The van der Waals surface area contributed by atoms with E-state index in [1.54, 1.807) is 32.7 Å². The van der Waals surface area contributed by atoms with E-state index in [9.17, 15) is 14.4 Å². The number of carbonyl (C=O) groups excluding carboxylic acids is 3. The molecule has 3 rings (SSSR count). The number of amides is 3. The van der Waals surface area contributed by atoms with Gasteiger partial charge >= 0.3 is 6.09 Å². The Morgan fingerprint density at radius 1 is 0.975 bits per heavy atom. The summed E-state index contributed by atoms with van der Waals surface area (Å²) < 4.78 is 5.62. The van der Waals surface area contributed by atoms with Gasteiger partial charge in [-0.1, -0.05) is 54.6 Å². The lowest BCUT2D eigenvalue weighted by Crippen LogP contribution is -2.52. The van der Waals surface area contributed by atoms with Gasteiger partial charge in [-0.3, -0.25) is 19.4 Å². The maximum Gasteiger partial charge on any atom is 0.410 e. The molecule has 40 heavy (non-hydrogen) atoms. The molecule has 2 atom stereocenters. The normalized spacial score (nSPS) is 16.1. The number of nitrogens with one attached hydrogen (secondary N) is 1. The summed E-state index contributed by atoms with van der Waals surface area (Å²) in [5, 5.41) is 3.10. The van der Waals surface area contributed by atoms with Crippen LogP contribution in [0.1, 0.15) is 77.2 Å². The molecular formula is C32H46N4O4. The number of likely N-dealkylation sites (N-methyl/N-ethyl adjacent to an activating group) is 1. The molecular weight excluding hydrogens is 504 g/mol. The number of hydrogen-bond acceptors (Lipinski definition) is 5. The second kappa shape index (κ2) is 13.3. The van der Waals surface area contributed by atoms with E-state index in [0.717, 1.165) is 11.1 Å². The summed E-state index contributed by atoms with van der Waals surface area (Å²) in [6, 6.07) is 15.9. The fourth-order valence-corrected chi connectivity index (χ4v) is 5.37. The zero-order chi connectivity index (χ0) is 29.6. The number of hydrogen-bond donors (Lipinski definition) is 1. The van der Waals surface area contributed by atoms with Gasteiger partial charge in [-0.05, 0) is 71.6 Å². The molecule has 0 saturated carbocycles. The summed E-state index contributed by atoms with van der Waals surface area (Å²) in [5.41, 5.74) is 1.80. The Morgan fingerprint density at radius 2 is 1.57 bits per heavy atom. The average Bonchev–Trinajstić information content (AvgIpc) is 2.89. The summed E-state index contributed by atoms with van der Waals surface area (Å²) in [6.07, 6.45) is 0.0215. The first-order chi connectivity index (χ1) is 18.8. The quantitative estimate of drug-likeness (QED) is 0.478. The topological polar surface area (TPSA) is 82.2 Å². The molecule has 0 spiro atoms. The van der Waals surface area contributed by atoms with Gasteiger partial charge in [0.25, 0.3) is 5.91 Å². The molecule has 1 heterocycles. The SMILES string of the molecule is CC(C)N(CCNC(=O)C1c2ccccc2CCN1C(=O)C(c1ccccc1)N(C)C(=O)OC(C)(C)C)C(C)C. The second-order valence-corrected chi connectivity index (χ2v) is 12.0. The Morgan fingerprint density at radius 3 is 2.17 bits per heavy atom. The Balaban J connectivity index is 1.94. The Kier molecular flexibility index (Phi) is 10.4. The van der Waals surface area contributed by atoms with Gasteiger partial charge in [0.15, 0.2) is 0 Å². The fraction of sp³-hybridized carbons (Fsp3) is 0.531. The van der Waals surface area contributed by atoms with Crippen LogP contribution in [0.2, 0.25) is 0 Å². The lowest BCUT2D eigenvalue weighted by Gasteiger charge is -2.40. The molecule has 8 nitrogen and oxygen atoms in total. The largest absolute Gasteiger partial charge is 0.444 e. The fourth-order valence-electron chi connectivity index (χ4n) is 5.37. The monoisotopic (exact) mass is 550 g/mol. The first-order valence-electron chi connectivity index (χ1n) is 14.2. The first-order valence-corrected chi connectivity index (χ1v) is 14.2. The Labute approximate surface area is 239 Å². The van der Waals surface area contributed by atoms with Crippen LogP contribution in [-0.4, -0.2) is 77.0 Å². The van der Waals surface area contributed by atoms with Crippen molar-refractivity contribution >= 4 is 17.9 Å². The van der Waals surface area contributed by atoms with Crippen molar-refractivity contribution in [3.63, 3.8) is 0 Å². The molecule has 2 aromatic rings. The predicted molar refractivity (Wildman–Crippen MR) is 158 cm³/mol. The molecule has 2 aromatic carbocycles. The van der Waals surface area contributed by atoms with Crippen molar-refractivity contribution in [2.75, 3.05) is 26.7 Å². The van der Waals surface area contributed by atoms with Crippen LogP contribution in [0.3, 0.4) is 0 Å². The highest BCUT2D eigenvalue weighted by Crippen LogP contribution is 2.34. The zero-order valence-electron chi connectivity index (χ0n) is 25.3. The lowest BCUT2D eigenvalue weighted by atomic mass is 9.90. The van der Waals surface area contributed by atoms with Crippen LogP contribution in [-0.2, 0) is 20.7 Å². The van der Waals surface area contributed by atoms with Crippen molar-refractivity contribution in [2.24, 2.45) is 0 Å². The van der Waals surface area contributed by atoms with Crippen molar-refractivity contribution < 1.29 is 19.1 Å². The minimum Gasteiger partial charge on any atom is -0.444 e. The van der Waals surface area contributed by atoms with Crippen LogP contribution in [0.5, 0.6) is 0 Å². The van der Waals surface area contributed by atoms with Crippen molar-refractivity contribution in [2.45, 2.75) is 84.7 Å². The van der Waals surface area contributed by atoms with Crippen LogP contribution in [0, 0.1) is 0 Å². The molecule has 0 radical (unpaired) electrons. The van der Waals surface area contributed by atoms with Crippen molar-refractivity contribution in [3.8, 4) is 0 Å². The van der Waals surface area contributed by atoms with Gasteiger partial charge in [-0.2, -0.15) is 0 Å². The number of rotatable bonds is 9. The highest BCUT2D eigenvalue weighted by molar-refractivity contribution is 5.93. The third-order valence-electron chi connectivity index (χ3n) is 7.23. The molecule has 1 aliphatic heterocycles. The van der Waals surface area contributed by atoms with E-state index >= 15 is 0 Å². The highest BCUT2D eigenvalue weighted by atomic mass is 16.6. The maximum absolute atomic E-state index is 14.4. The van der Waals surface area contributed by atoms with Gasteiger partial charge in [0.2, 0.25) is 5.91 Å². The van der Waals surface area contributed by atoms with Gasteiger partial charge in [0, 0.05) is 38.8 Å². The first kappa shape index (κ1) is 31.1. The summed E-state index contributed by atoms with van der Waals surface area (Å²) in [6.45, 7) is 15.5. The molecule has 1 N–H and O–H groups in total. The van der Waals surface area contributed by atoms with E-state index in [1.807, 2.05) is 54.6 Å². The van der Waals surface area contributed by atoms with Crippen molar-refractivity contribution in [1.82, 2.24) is 20.0 Å². The maximum atomic E-state index is 14.4. The third kappa shape index (κ3) is 7.62. The van der Waals surface area contributed by atoms with Crippen molar-refractivity contribution in [3.05, 3.63) is 71.3 Å². The smallest absolute Gasteiger partial charge is 0.410 e. The van der Waals surface area contributed by atoms with Gasteiger partial charge in [0.1, 0.15) is 17.7 Å². The van der Waals surface area contributed by atoms with Crippen LogP contribution < -0.4 is 5.32 Å². The van der Waals surface area contributed by atoms with Crippen molar-refractivity contribution in [1.29, 1.82) is 0 Å². The van der Waals surface area contributed by atoms with E-state index in [2.05, 4.69) is 37.9 Å². The van der Waals surface area contributed by atoms with Gasteiger partial charge in [0.05, 0.1) is 0 Å². The average molecular weight is 551 g/mol. The van der Waals surface area contributed by atoms with E-state index in [4.69, 9.17) is 4.74 Å². The number of benzene rings is 2. The zero-order valence-corrected chi connectivity index (χ0v) is 25.3. The molecule has 0 aliphatic carbocycles. The van der Waals surface area contributed by atoms with E-state index in [1.165, 1.54) is 4.90 Å². The number of fused-ring (bicyclic) bond motifs is 1. The molecule has 0 saturated heterocycles. The third-order valence-corrected chi connectivity index (χ3v) is 7.23. The summed E-state index contributed by atoms with van der Waals surface area (Å²) in [5.74, 6) is -0.542. The lowest BCUT2D eigenvalue weighted by molar-refractivity contribution is -0.145. The van der Waals surface area contributed by atoms with Crippen LogP contribution in [0.15, 0.2) is 54.6 Å². The van der Waals surface area contributed by atoms with E-state index < -0.39 is 23.8 Å². The van der Waals surface area contributed by atoms with Gasteiger partial charge < -0.3 is 15.0 Å². The second-order valence-electron chi connectivity index (χ2n) is 12.0. The van der Waals surface area contributed by atoms with Crippen LogP contribution in [0.25, 0.3) is 0 Å². The predicted octanol–water partition coefficient (Wildman–Crippen LogP) is 4.96. The molecule has 0 bridgehead atoms. The molecule has 1 aliphatic rings. The minimum atomic E-state index is -0.950. The number of ether oxygens (including phenoxy) is 1. The standard InChI is InChI=1S/C32H46N4O4/c1-22(2)35(23(3)4)21-19-33-29(37)28-26-17-13-12-14-24(26)18-20-36(28)30(38)27(25-15-10-9-11-16-25)34(8)31(39)40-32(5,6)7/h9-17,22-23,27-28H,18-21H2,1-8H3,(H,33,37). The summed E-state index contributed by atoms with van der Waals surface area (Å²) in [4.78, 5) is 46.6. The summed E-state index contributed by atoms with van der Waals surface area (Å²) >= 11 is 0. The minimum absolute atomic E-state index is 0.223. The Bertz CT molecular complexity index is 1150. The number of nitrogens with zero attached hydrogens (tertiary/aromatic N) is 3. The molecule has 8 heteroatoms. The van der Waals surface area contributed by atoms with Crippen LogP contribution in [0.4, 0.5) is 4.79 Å². The Hall–Kier alpha value is -3.39. The van der Waals surface area contributed by atoms with Gasteiger partial charge in [-0.15, -0.1) is 0 Å². The van der Waals surface area contributed by atoms with Gasteiger partial charge in [-0.25, -0.2) is 4.79 Å². The molecule has 218 valence electrons. The summed E-state index contributed by atoms with van der Waals surface area (Å²) in [7, 11) is 1.57.